The van der Waals surface area contributed by atoms with Crippen molar-refractivity contribution in [1.82, 2.24) is 0 Å². The van der Waals surface area contributed by atoms with Crippen LogP contribution in [0.15, 0.2) is 36.4 Å². The van der Waals surface area contributed by atoms with Crippen molar-refractivity contribution >= 4 is 30.7 Å². The fourth-order valence-electron chi connectivity index (χ4n) is 1.79. The van der Waals surface area contributed by atoms with E-state index in [-0.39, 0.29) is 5.69 Å². The Hall–Kier alpha value is -2.58. The second-order valence-electron chi connectivity index (χ2n) is 4.75. The molecule has 120 valence electrons. The van der Waals surface area contributed by atoms with Gasteiger partial charge >= 0.3 is 12.2 Å². The first-order chi connectivity index (χ1) is 10.7. The van der Waals surface area contributed by atoms with Crippen molar-refractivity contribution in [2.24, 2.45) is 0 Å². The third-order valence-corrected chi connectivity index (χ3v) is 2.91. The Morgan fingerprint density at radius 1 is 0.913 bits per heavy atom. The fraction of sp³-hybridized carbons (Fsp3) is 0.0714. The molecule has 2 amide bonds. The second kappa shape index (κ2) is 6.27. The average molecular weight is 328 g/mol. The lowest BCUT2D eigenvalue weighted by Crippen LogP contribution is -2.22. The van der Waals surface area contributed by atoms with Gasteiger partial charge in [-0.2, -0.15) is 13.2 Å². The highest BCUT2D eigenvalue weighted by atomic mass is 19.4. The number of carbonyl (C=O) groups excluding carboxylic acids is 1. The van der Waals surface area contributed by atoms with Crippen LogP contribution in [0, 0.1) is 11.6 Å². The van der Waals surface area contributed by atoms with Crippen LogP contribution in [-0.2, 0) is 6.18 Å². The lowest BCUT2D eigenvalue weighted by atomic mass is 9.96. The third kappa shape index (κ3) is 4.21. The summed E-state index contributed by atoms with van der Waals surface area (Å²) in [6.07, 6.45) is -4.68. The molecule has 2 aromatic rings. The molecule has 0 bridgehead atoms. The Balaban J connectivity index is 2.17. The van der Waals surface area contributed by atoms with Crippen LogP contribution in [0.5, 0.6) is 0 Å². The standard InChI is InChI=1S/C14H10BF5N2O/c15-8-2-4-11(10(17)6-8)21-13(23)22-12-5-7(14(18,19)20)1-3-9(12)16/h1-6H,15H2,(H2,21,22,23). The number of rotatable bonds is 2. The van der Waals surface area contributed by atoms with E-state index in [9.17, 15) is 26.7 Å². The second-order valence-corrected chi connectivity index (χ2v) is 4.75. The summed E-state index contributed by atoms with van der Waals surface area (Å²) in [4.78, 5) is 11.7. The largest absolute Gasteiger partial charge is 0.416 e. The normalized spacial score (nSPS) is 11.2. The highest BCUT2D eigenvalue weighted by Gasteiger charge is 2.31. The summed E-state index contributed by atoms with van der Waals surface area (Å²) in [5.41, 5.74) is -1.33. The molecule has 0 fully saturated rings. The molecule has 3 nitrogen and oxygen atoms in total. The lowest BCUT2D eigenvalue weighted by Gasteiger charge is -2.12. The zero-order chi connectivity index (χ0) is 17.2. The maximum Gasteiger partial charge on any atom is 0.416 e. The molecule has 2 rings (SSSR count). The van der Waals surface area contributed by atoms with E-state index in [1.165, 1.54) is 18.2 Å². The molecule has 0 aliphatic heterocycles. The van der Waals surface area contributed by atoms with Crippen molar-refractivity contribution in [1.29, 1.82) is 0 Å². The number of anilines is 2. The molecule has 23 heavy (non-hydrogen) atoms. The van der Waals surface area contributed by atoms with Crippen LogP contribution in [0.3, 0.4) is 0 Å². The van der Waals surface area contributed by atoms with Gasteiger partial charge in [-0.15, -0.1) is 0 Å². The van der Waals surface area contributed by atoms with E-state index < -0.39 is 35.1 Å². The van der Waals surface area contributed by atoms with Gasteiger partial charge in [-0.25, -0.2) is 13.6 Å². The number of carbonyl (C=O) groups is 1. The number of hydrogen-bond donors (Lipinski definition) is 2. The molecule has 0 heterocycles. The van der Waals surface area contributed by atoms with Crippen molar-refractivity contribution in [3.8, 4) is 0 Å². The van der Waals surface area contributed by atoms with Gasteiger partial charge in [0.1, 0.15) is 19.5 Å². The molecule has 0 unspecified atom stereocenters. The number of amides is 2. The summed E-state index contributed by atoms with van der Waals surface area (Å²) >= 11 is 0. The van der Waals surface area contributed by atoms with Crippen LogP contribution in [0.1, 0.15) is 5.56 Å². The smallest absolute Gasteiger partial charge is 0.305 e. The van der Waals surface area contributed by atoms with E-state index in [0.29, 0.717) is 23.7 Å². The highest BCUT2D eigenvalue weighted by Crippen LogP contribution is 2.31. The molecular weight excluding hydrogens is 318 g/mol. The van der Waals surface area contributed by atoms with Gasteiger partial charge in [0.15, 0.2) is 0 Å². The van der Waals surface area contributed by atoms with E-state index in [0.717, 1.165) is 0 Å². The predicted octanol–water partition coefficient (Wildman–Crippen LogP) is 2.89. The first-order valence-electron chi connectivity index (χ1n) is 6.38. The molecule has 0 saturated carbocycles. The number of benzene rings is 2. The molecular formula is C14H10BF5N2O. The number of alkyl halides is 3. The van der Waals surface area contributed by atoms with E-state index in [4.69, 9.17) is 0 Å². The van der Waals surface area contributed by atoms with Crippen molar-refractivity contribution in [3.63, 3.8) is 0 Å². The van der Waals surface area contributed by atoms with E-state index in [1.54, 1.807) is 7.85 Å². The zero-order valence-corrected chi connectivity index (χ0v) is 11.8. The van der Waals surface area contributed by atoms with Crippen molar-refractivity contribution in [2.75, 3.05) is 10.6 Å². The van der Waals surface area contributed by atoms with Crippen molar-refractivity contribution < 1.29 is 26.7 Å². The lowest BCUT2D eigenvalue weighted by molar-refractivity contribution is -0.137. The van der Waals surface area contributed by atoms with Crippen LogP contribution in [0.2, 0.25) is 0 Å². The summed E-state index contributed by atoms with van der Waals surface area (Å²) in [5, 5.41) is 4.02. The van der Waals surface area contributed by atoms with Gasteiger partial charge in [0.05, 0.1) is 16.9 Å². The monoisotopic (exact) mass is 328 g/mol. The molecule has 9 heteroatoms. The molecule has 0 atom stereocenters. The molecule has 2 aromatic carbocycles. The van der Waals surface area contributed by atoms with Gasteiger partial charge in [0, 0.05) is 0 Å². The summed E-state index contributed by atoms with van der Waals surface area (Å²) in [6, 6.07) is 4.52. The van der Waals surface area contributed by atoms with Crippen LogP contribution in [0.4, 0.5) is 38.1 Å². The van der Waals surface area contributed by atoms with Crippen LogP contribution in [-0.4, -0.2) is 13.9 Å². The van der Waals surface area contributed by atoms with Crippen molar-refractivity contribution in [3.05, 3.63) is 53.6 Å². The molecule has 0 radical (unpaired) electrons. The average Bonchev–Trinajstić information content (AvgIpc) is 2.43. The minimum Gasteiger partial charge on any atom is -0.305 e. The Labute approximate surface area is 128 Å². The van der Waals surface area contributed by atoms with Gasteiger partial charge in [-0.3, -0.25) is 0 Å². The van der Waals surface area contributed by atoms with Gasteiger partial charge in [0.2, 0.25) is 0 Å². The highest BCUT2D eigenvalue weighted by molar-refractivity contribution is 6.32. The number of nitrogens with one attached hydrogen (secondary N) is 2. The van der Waals surface area contributed by atoms with Gasteiger partial charge in [-0.1, -0.05) is 11.5 Å². The Kier molecular flexibility index (Phi) is 4.58. The minimum absolute atomic E-state index is 0.180. The molecule has 0 spiro atoms. The van der Waals surface area contributed by atoms with Crippen LogP contribution < -0.4 is 16.1 Å². The topological polar surface area (TPSA) is 41.1 Å². The maximum atomic E-state index is 13.6. The fourth-order valence-corrected chi connectivity index (χ4v) is 1.79. The Morgan fingerprint density at radius 2 is 1.57 bits per heavy atom. The van der Waals surface area contributed by atoms with Crippen LogP contribution >= 0.6 is 0 Å². The quantitative estimate of drug-likeness (QED) is 0.646. The first-order valence-corrected chi connectivity index (χ1v) is 6.38. The van der Waals surface area contributed by atoms with E-state index in [2.05, 4.69) is 5.32 Å². The minimum atomic E-state index is -4.68. The van der Waals surface area contributed by atoms with Gasteiger partial charge < -0.3 is 10.6 Å². The number of hydrogen-bond acceptors (Lipinski definition) is 1. The molecule has 0 aliphatic carbocycles. The zero-order valence-electron chi connectivity index (χ0n) is 11.8. The maximum absolute atomic E-state index is 13.6. The molecule has 2 N–H and O–H groups in total. The Bertz CT molecular complexity index is 748. The molecule has 0 saturated heterocycles. The third-order valence-electron chi connectivity index (χ3n) is 2.91. The van der Waals surface area contributed by atoms with Crippen molar-refractivity contribution in [2.45, 2.75) is 6.18 Å². The summed E-state index contributed by atoms with van der Waals surface area (Å²) in [5.74, 6) is -1.76. The predicted molar refractivity (Wildman–Crippen MR) is 78.6 cm³/mol. The molecule has 0 aliphatic rings. The summed E-state index contributed by atoms with van der Waals surface area (Å²) in [6.45, 7) is 0. The van der Waals surface area contributed by atoms with E-state index in [1.807, 2.05) is 5.32 Å². The first kappa shape index (κ1) is 16.8. The van der Waals surface area contributed by atoms with E-state index >= 15 is 0 Å². The Morgan fingerprint density at radius 3 is 2.17 bits per heavy atom. The van der Waals surface area contributed by atoms with Gasteiger partial charge in [-0.05, 0) is 30.3 Å². The number of urea groups is 1. The van der Waals surface area contributed by atoms with Gasteiger partial charge in [0.25, 0.3) is 0 Å². The number of halogens is 5. The molecule has 0 aromatic heterocycles. The SMILES string of the molecule is Bc1ccc(NC(=O)Nc2cc(C(F)(F)F)ccc2F)c(F)c1. The summed E-state index contributed by atoms with van der Waals surface area (Å²) in [7, 11) is 1.64. The van der Waals surface area contributed by atoms with Crippen LogP contribution in [0.25, 0.3) is 0 Å². The summed E-state index contributed by atoms with van der Waals surface area (Å²) < 4.78 is 64.8.